The van der Waals surface area contributed by atoms with Crippen LogP contribution in [-0.2, 0) is 10.8 Å². The maximum absolute atomic E-state index is 4.45. The van der Waals surface area contributed by atoms with Gasteiger partial charge in [0.15, 0.2) is 0 Å². The molecule has 0 aliphatic rings. The van der Waals surface area contributed by atoms with Crippen molar-refractivity contribution in [2.45, 2.75) is 52.4 Å². The van der Waals surface area contributed by atoms with E-state index in [1.54, 1.807) is 0 Å². The summed E-state index contributed by atoms with van der Waals surface area (Å²) in [5, 5.41) is 7.60. The predicted octanol–water partition coefficient (Wildman–Crippen LogP) is 5.43. The molecule has 108 valence electrons. The summed E-state index contributed by atoms with van der Waals surface area (Å²) in [5.41, 5.74) is 4.83. The molecule has 0 saturated heterocycles. The second-order valence-electron chi connectivity index (χ2n) is 7.36. The molecule has 3 heteroatoms. The highest BCUT2D eigenvalue weighted by molar-refractivity contribution is 9.10. The summed E-state index contributed by atoms with van der Waals surface area (Å²) in [7, 11) is 0. The predicted molar refractivity (Wildman–Crippen MR) is 89.1 cm³/mol. The molecule has 2 aromatic rings. The normalized spacial score (nSPS) is 12.8. The Balaban J connectivity index is 2.42. The minimum absolute atomic E-state index is 0.0864. The third kappa shape index (κ3) is 3.14. The van der Waals surface area contributed by atoms with Crippen molar-refractivity contribution < 1.29 is 0 Å². The first kappa shape index (κ1) is 15.3. The van der Waals surface area contributed by atoms with Crippen LogP contribution in [-0.4, -0.2) is 10.2 Å². The second-order valence-corrected chi connectivity index (χ2v) is 8.22. The zero-order chi connectivity index (χ0) is 15.1. The van der Waals surface area contributed by atoms with E-state index in [1.807, 2.05) is 0 Å². The number of rotatable bonds is 1. The van der Waals surface area contributed by atoms with E-state index in [4.69, 9.17) is 0 Å². The highest BCUT2D eigenvalue weighted by Crippen LogP contribution is 2.33. The number of hydrogen-bond donors (Lipinski definition) is 1. The third-order valence-corrected chi connectivity index (χ3v) is 4.15. The SMILES string of the molecule is CC(C)(C)c1ccc(-c2cc(C(C)(C)C)[nH]n2)c(Br)c1. The van der Waals surface area contributed by atoms with Crippen LogP contribution in [0.5, 0.6) is 0 Å². The lowest BCUT2D eigenvalue weighted by Crippen LogP contribution is -2.11. The van der Waals surface area contributed by atoms with Crippen LogP contribution in [0.25, 0.3) is 11.3 Å². The fourth-order valence-corrected chi connectivity index (χ4v) is 2.62. The van der Waals surface area contributed by atoms with Gasteiger partial charge in [-0.05, 0) is 23.1 Å². The number of aromatic nitrogens is 2. The topological polar surface area (TPSA) is 28.7 Å². The van der Waals surface area contributed by atoms with E-state index in [0.29, 0.717) is 0 Å². The van der Waals surface area contributed by atoms with Crippen molar-refractivity contribution >= 4 is 15.9 Å². The van der Waals surface area contributed by atoms with Crippen LogP contribution in [0.1, 0.15) is 52.8 Å². The molecule has 0 bridgehead atoms. The molecule has 0 saturated carbocycles. The van der Waals surface area contributed by atoms with Crippen molar-refractivity contribution in [3.8, 4) is 11.3 Å². The smallest absolute Gasteiger partial charge is 0.0935 e. The Hall–Kier alpha value is -1.09. The highest BCUT2D eigenvalue weighted by Gasteiger charge is 2.19. The minimum atomic E-state index is 0.0864. The van der Waals surface area contributed by atoms with Gasteiger partial charge in [-0.15, -0.1) is 0 Å². The number of aromatic amines is 1. The Kier molecular flexibility index (Phi) is 3.85. The largest absolute Gasteiger partial charge is 0.281 e. The van der Waals surface area contributed by atoms with Crippen LogP contribution in [0.4, 0.5) is 0 Å². The van der Waals surface area contributed by atoms with Gasteiger partial charge in [-0.1, -0.05) is 69.6 Å². The van der Waals surface area contributed by atoms with Crippen molar-refractivity contribution in [2.24, 2.45) is 0 Å². The van der Waals surface area contributed by atoms with E-state index < -0.39 is 0 Å². The maximum atomic E-state index is 4.45. The van der Waals surface area contributed by atoms with Crippen molar-refractivity contribution in [1.29, 1.82) is 0 Å². The van der Waals surface area contributed by atoms with E-state index in [0.717, 1.165) is 21.4 Å². The first-order valence-electron chi connectivity index (χ1n) is 6.95. The first-order valence-corrected chi connectivity index (χ1v) is 7.74. The van der Waals surface area contributed by atoms with Gasteiger partial charge in [-0.3, -0.25) is 5.10 Å². The van der Waals surface area contributed by atoms with Gasteiger partial charge in [-0.2, -0.15) is 5.10 Å². The average Bonchev–Trinajstić information content (AvgIpc) is 2.76. The van der Waals surface area contributed by atoms with Crippen LogP contribution in [0.15, 0.2) is 28.7 Å². The van der Waals surface area contributed by atoms with Crippen LogP contribution in [0.3, 0.4) is 0 Å². The number of halogens is 1. The van der Waals surface area contributed by atoms with Gasteiger partial charge >= 0.3 is 0 Å². The Bertz CT molecular complexity index is 613. The van der Waals surface area contributed by atoms with E-state index in [1.165, 1.54) is 5.56 Å². The van der Waals surface area contributed by atoms with Crippen LogP contribution >= 0.6 is 15.9 Å². The van der Waals surface area contributed by atoms with Crippen molar-refractivity contribution in [1.82, 2.24) is 10.2 Å². The maximum Gasteiger partial charge on any atom is 0.0935 e. The van der Waals surface area contributed by atoms with Crippen molar-refractivity contribution in [3.63, 3.8) is 0 Å². The van der Waals surface area contributed by atoms with Gasteiger partial charge in [0.1, 0.15) is 0 Å². The highest BCUT2D eigenvalue weighted by atomic mass is 79.9. The number of nitrogens with zero attached hydrogens (tertiary/aromatic N) is 1. The average molecular weight is 335 g/mol. The van der Waals surface area contributed by atoms with Crippen LogP contribution in [0, 0.1) is 0 Å². The Morgan fingerprint density at radius 3 is 2.05 bits per heavy atom. The summed E-state index contributed by atoms with van der Waals surface area (Å²) in [4.78, 5) is 0. The quantitative estimate of drug-likeness (QED) is 0.739. The lowest BCUT2D eigenvalue weighted by atomic mass is 9.86. The molecule has 0 unspecified atom stereocenters. The molecule has 1 aromatic heterocycles. The van der Waals surface area contributed by atoms with Crippen molar-refractivity contribution in [2.75, 3.05) is 0 Å². The van der Waals surface area contributed by atoms with Gasteiger partial charge in [0, 0.05) is 21.1 Å². The summed E-state index contributed by atoms with van der Waals surface area (Å²) in [6.07, 6.45) is 0. The molecule has 20 heavy (non-hydrogen) atoms. The van der Waals surface area contributed by atoms with Gasteiger partial charge in [-0.25, -0.2) is 0 Å². The number of H-pyrrole nitrogens is 1. The summed E-state index contributed by atoms with van der Waals surface area (Å²) in [6, 6.07) is 8.66. The monoisotopic (exact) mass is 334 g/mol. The molecule has 2 nitrogen and oxygen atoms in total. The molecule has 0 spiro atoms. The molecule has 2 rings (SSSR count). The van der Waals surface area contributed by atoms with Gasteiger partial charge in [0.25, 0.3) is 0 Å². The minimum Gasteiger partial charge on any atom is -0.281 e. The first-order chi connectivity index (χ1) is 9.09. The fraction of sp³-hybridized carbons (Fsp3) is 0.471. The lowest BCUT2D eigenvalue weighted by molar-refractivity contribution is 0.567. The number of benzene rings is 1. The molecule has 0 radical (unpaired) electrons. The Labute approximate surface area is 130 Å². The zero-order valence-electron chi connectivity index (χ0n) is 13.1. The van der Waals surface area contributed by atoms with E-state index in [2.05, 4.69) is 91.9 Å². The number of nitrogens with one attached hydrogen (secondary N) is 1. The zero-order valence-corrected chi connectivity index (χ0v) is 14.7. The fourth-order valence-electron chi connectivity index (χ4n) is 2.03. The van der Waals surface area contributed by atoms with Crippen LogP contribution in [0.2, 0.25) is 0 Å². The Morgan fingerprint density at radius 1 is 0.950 bits per heavy atom. The standard InChI is InChI=1S/C17H23BrN2/c1-16(2,3)11-7-8-12(13(18)9-11)14-10-15(20-19-14)17(4,5)6/h7-10H,1-6H3,(H,19,20). The number of hydrogen-bond acceptors (Lipinski definition) is 1. The lowest BCUT2D eigenvalue weighted by Gasteiger charge is -2.19. The molecule has 0 atom stereocenters. The molecular formula is C17H23BrN2. The summed E-state index contributed by atoms with van der Waals surface area (Å²) < 4.78 is 1.09. The molecule has 1 aromatic carbocycles. The third-order valence-electron chi connectivity index (χ3n) is 3.50. The Morgan fingerprint density at radius 2 is 1.60 bits per heavy atom. The van der Waals surface area contributed by atoms with Crippen molar-refractivity contribution in [3.05, 3.63) is 40.0 Å². The molecule has 0 aliphatic carbocycles. The van der Waals surface area contributed by atoms with Gasteiger partial charge in [0.05, 0.1) is 5.69 Å². The van der Waals surface area contributed by atoms with Crippen LogP contribution < -0.4 is 0 Å². The molecule has 0 aliphatic heterocycles. The summed E-state index contributed by atoms with van der Waals surface area (Å²) in [6.45, 7) is 13.2. The van der Waals surface area contributed by atoms with E-state index >= 15 is 0 Å². The summed E-state index contributed by atoms with van der Waals surface area (Å²) >= 11 is 3.68. The van der Waals surface area contributed by atoms with Gasteiger partial charge in [0.2, 0.25) is 0 Å². The molecule has 1 heterocycles. The molecule has 1 N–H and O–H groups in total. The van der Waals surface area contributed by atoms with E-state index in [-0.39, 0.29) is 10.8 Å². The molecule has 0 fully saturated rings. The molecule has 0 amide bonds. The summed E-state index contributed by atoms with van der Waals surface area (Å²) in [5.74, 6) is 0. The van der Waals surface area contributed by atoms with E-state index in [9.17, 15) is 0 Å². The second kappa shape index (κ2) is 5.03. The molecular weight excluding hydrogens is 312 g/mol. The van der Waals surface area contributed by atoms with Gasteiger partial charge < -0.3 is 0 Å².